The van der Waals surface area contributed by atoms with E-state index >= 15 is 0 Å². The van der Waals surface area contributed by atoms with Crippen LogP contribution in [0.1, 0.15) is 23.9 Å². The molecule has 7 nitrogen and oxygen atoms in total. The van der Waals surface area contributed by atoms with Crippen LogP contribution in [0.5, 0.6) is 0 Å². The summed E-state index contributed by atoms with van der Waals surface area (Å²) < 4.78 is 29.6. The van der Waals surface area contributed by atoms with Crippen molar-refractivity contribution < 1.29 is 8.78 Å². The summed E-state index contributed by atoms with van der Waals surface area (Å²) in [5.41, 5.74) is 2.06. The Labute approximate surface area is 160 Å². The molecule has 0 aliphatic carbocycles. The van der Waals surface area contributed by atoms with E-state index in [0.29, 0.717) is 16.8 Å². The van der Waals surface area contributed by atoms with Crippen LogP contribution in [0, 0.1) is 11.3 Å². The van der Waals surface area contributed by atoms with E-state index in [1.165, 1.54) is 18.2 Å². The van der Waals surface area contributed by atoms with Crippen molar-refractivity contribution in [3.63, 3.8) is 0 Å². The molecule has 0 amide bonds. The molecule has 0 spiro atoms. The average molecular weight is 381 g/mol. The van der Waals surface area contributed by atoms with Gasteiger partial charge in [-0.3, -0.25) is 5.01 Å². The van der Waals surface area contributed by atoms with Gasteiger partial charge in [-0.2, -0.15) is 19.1 Å². The smallest absolute Gasteiger partial charge is 0.288 e. The molecule has 0 radical (unpaired) electrons. The fraction of sp³-hybridized carbons (Fsp3) is 0.211. The molecule has 0 fully saturated rings. The highest BCUT2D eigenvalue weighted by atomic mass is 19.3. The fourth-order valence-corrected chi connectivity index (χ4v) is 2.63. The van der Waals surface area contributed by atoms with Crippen LogP contribution in [0.2, 0.25) is 0 Å². The summed E-state index contributed by atoms with van der Waals surface area (Å²) in [7, 11) is 0. The molecule has 1 aliphatic heterocycles. The Morgan fingerprint density at radius 3 is 2.82 bits per heavy atom. The lowest BCUT2D eigenvalue weighted by atomic mass is 10.0. The SMILES string of the molecule is C=C1/C=C\C(C(F)(F)c2nnn[nH]2)=C/CN(Cc2ccccc2C#N)/N=C\1C. The van der Waals surface area contributed by atoms with E-state index in [2.05, 4.69) is 38.4 Å². The highest BCUT2D eigenvalue weighted by Crippen LogP contribution is 2.34. The Bertz CT molecular complexity index is 998. The Kier molecular flexibility index (Phi) is 5.40. The van der Waals surface area contributed by atoms with Crippen LogP contribution in [-0.2, 0) is 12.5 Å². The summed E-state index contributed by atoms with van der Waals surface area (Å²) >= 11 is 0. The normalized spacial score (nSPS) is 20.1. The first-order chi connectivity index (χ1) is 13.4. The number of rotatable bonds is 4. The van der Waals surface area contributed by atoms with Crippen LogP contribution in [0.15, 0.2) is 65.3 Å². The van der Waals surface area contributed by atoms with Crippen molar-refractivity contribution in [2.24, 2.45) is 5.10 Å². The summed E-state index contributed by atoms with van der Waals surface area (Å²) in [6.07, 6.45) is 4.13. The number of H-pyrrole nitrogens is 1. The molecule has 0 saturated carbocycles. The minimum absolute atomic E-state index is 0.0984. The van der Waals surface area contributed by atoms with Gasteiger partial charge in [0.2, 0.25) is 5.82 Å². The number of allylic oxidation sites excluding steroid dienone is 4. The van der Waals surface area contributed by atoms with Crippen molar-refractivity contribution in [3.05, 3.63) is 77.2 Å². The van der Waals surface area contributed by atoms with Crippen molar-refractivity contribution in [1.29, 1.82) is 5.26 Å². The summed E-state index contributed by atoms with van der Waals surface area (Å²) in [6.45, 7) is 6.01. The lowest BCUT2D eigenvalue weighted by Crippen LogP contribution is -2.22. The standard InChI is InChI=1S/C19H17F2N7/c1-13-7-8-17(19(20,21)18-23-26-27-24-18)9-10-28(25-14(13)2)12-16-6-4-3-5-15(16)11-22/h3-9H,1,10,12H2,2H3,(H,23,24,26,27)/b8-7-,17-9+,25-14-. The highest BCUT2D eigenvalue weighted by molar-refractivity contribution is 6.00. The number of nitrogens with zero attached hydrogens (tertiary/aromatic N) is 6. The number of nitrogens with one attached hydrogen (secondary N) is 1. The number of aromatic nitrogens is 4. The van der Waals surface area contributed by atoms with Crippen molar-refractivity contribution in [2.45, 2.75) is 19.4 Å². The third-order valence-corrected chi connectivity index (χ3v) is 4.24. The second-order valence-corrected chi connectivity index (χ2v) is 6.14. The van der Waals surface area contributed by atoms with Crippen molar-refractivity contribution >= 4 is 5.71 Å². The van der Waals surface area contributed by atoms with E-state index in [4.69, 9.17) is 0 Å². The van der Waals surface area contributed by atoms with Gasteiger partial charge in [0.1, 0.15) is 0 Å². The molecule has 28 heavy (non-hydrogen) atoms. The number of halogens is 2. The molecule has 9 heteroatoms. The first-order valence-corrected chi connectivity index (χ1v) is 8.40. The van der Waals surface area contributed by atoms with Gasteiger partial charge in [0.15, 0.2) is 0 Å². The van der Waals surface area contributed by atoms with Crippen molar-refractivity contribution in [1.82, 2.24) is 25.6 Å². The average Bonchev–Trinajstić information content (AvgIpc) is 3.24. The van der Waals surface area contributed by atoms with E-state index < -0.39 is 11.7 Å². The number of tetrazole rings is 1. The van der Waals surface area contributed by atoms with Crippen LogP contribution in [0.25, 0.3) is 0 Å². The van der Waals surface area contributed by atoms with Crippen LogP contribution in [0.4, 0.5) is 8.78 Å². The first kappa shape index (κ1) is 19.1. The van der Waals surface area contributed by atoms with Crippen LogP contribution >= 0.6 is 0 Å². The molecular formula is C19H17F2N7. The number of aromatic amines is 1. The maximum Gasteiger partial charge on any atom is 0.332 e. The van der Waals surface area contributed by atoms with E-state index in [-0.39, 0.29) is 18.7 Å². The van der Waals surface area contributed by atoms with Crippen molar-refractivity contribution in [2.75, 3.05) is 6.54 Å². The molecule has 1 aromatic heterocycles. The first-order valence-electron chi connectivity index (χ1n) is 8.40. The second-order valence-electron chi connectivity index (χ2n) is 6.14. The Balaban J connectivity index is 1.95. The maximum absolute atomic E-state index is 14.8. The van der Waals surface area contributed by atoms with Crippen LogP contribution in [0.3, 0.4) is 0 Å². The Morgan fingerprint density at radius 1 is 1.32 bits per heavy atom. The Hall–Kier alpha value is -3.67. The lowest BCUT2D eigenvalue weighted by Gasteiger charge is -2.20. The number of alkyl halides is 2. The molecule has 1 aliphatic rings. The molecule has 0 bridgehead atoms. The number of hydrogen-bond donors (Lipinski definition) is 1. The highest BCUT2D eigenvalue weighted by Gasteiger charge is 2.39. The summed E-state index contributed by atoms with van der Waals surface area (Å²) in [4.78, 5) is 0. The van der Waals surface area contributed by atoms with Gasteiger partial charge >= 0.3 is 5.92 Å². The van der Waals surface area contributed by atoms with Crippen molar-refractivity contribution in [3.8, 4) is 6.07 Å². The van der Waals surface area contributed by atoms with Gasteiger partial charge in [0.05, 0.1) is 30.4 Å². The summed E-state index contributed by atoms with van der Waals surface area (Å²) in [6, 6.07) is 9.23. The summed E-state index contributed by atoms with van der Waals surface area (Å²) in [5, 5.41) is 27.3. The molecule has 0 unspecified atom stereocenters. The molecule has 0 atom stereocenters. The summed E-state index contributed by atoms with van der Waals surface area (Å²) in [5.74, 6) is -4.05. The monoisotopic (exact) mass is 381 g/mol. The molecular weight excluding hydrogens is 364 g/mol. The zero-order valence-corrected chi connectivity index (χ0v) is 15.1. The zero-order valence-electron chi connectivity index (χ0n) is 15.1. The molecule has 1 aromatic carbocycles. The molecule has 2 heterocycles. The van der Waals surface area contributed by atoms with E-state index in [1.54, 1.807) is 24.1 Å². The van der Waals surface area contributed by atoms with Gasteiger partial charge in [-0.1, -0.05) is 43.0 Å². The lowest BCUT2D eigenvalue weighted by molar-refractivity contribution is 0.0314. The molecule has 3 rings (SSSR count). The number of hydrazone groups is 1. The number of nitriles is 1. The predicted molar refractivity (Wildman–Crippen MR) is 99.1 cm³/mol. The van der Waals surface area contributed by atoms with Gasteiger partial charge in [-0.25, -0.2) is 5.10 Å². The zero-order chi connectivity index (χ0) is 20.1. The third-order valence-electron chi connectivity index (χ3n) is 4.24. The van der Waals surface area contributed by atoms with Crippen LogP contribution < -0.4 is 0 Å². The topological polar surface area (TPSA) is 93.9 Å². The van der Waals surface area contributed by atoms with Gasteiger partial charge < -0.3 is 0 Å². The van der Waals surface area contributed by atoms with Gasteiger partial charge in [0, 0.05) is 5.57 Å². The number of benzene rings is 1. The molecule has 1 N–H and O–H groups in total. The third kappa shape index (κ3) is 4.01. The predicted octanol–water partition coefficient (Wildman–Crippen LogP) is 3.09. The van der Waals surface area contributed by atoms with E-state index in [9.17, 15) is 14.0 Å². The van der Waals surface area contributed by atoms with E-state index in [0.717, 1.165) is 5.56 Å². The maximum atomic E-state index is 14.8. The van der Waals surface area contributed by atoms with Gasteiger partial charge in [-0.15, -0.1) is 5.10 Å². The minimum Gasteiger partial charge on any atom is -0.288 e. The molecule has 142 valence electrons. The second kappa shape index (κ2) is 7.92. The van der Waals surface area contributed by atoms with Gasteiger partial charge in [0.25, 0.3) is 0 Å². The van der Waals surface area contributed by atoms with Gasteiger partial charge in [-0.05, 0) is 34.6 Å². The molecule has 0 saturated heterocycles. The molecule has 2 aromatic rings. The largest absolute Gasteiger partial charge is 0.332 e. The minimum atomic E-state index is -3.41. The quantitative estimate of drug-likeness (QED) is 0.878. The Morgan fingerprint density at radius 2 is 2.11 bits per heavy atom. The van der Waals surface area contributed by atoms with Crippen LogP contribution in [-0.4, -0.2) is 37.9 Å². The van der Waals surface area contributed by atoms with E-state index in [1.807, 2.05) is 12.1 Å². The fourth-order valence-electron chi connectivity index (χ4n) is 2.63. The number of hydrogen-bond acceptors (Lipinski definition) is 6.